The molecule has 4 rings (SSSR count). The summed E-state index contributed by atoms with van der Waals surface area (Å²) >= 11 is 0. The first kappa shape index (κ1) is 33.3. The summed E-state index contributed by atoms with van der Waals surface area (Å²) in [5.74, 6) is -3.14. The molecular formula is C29H31F6N3O5S. The second-order valence-electron chi connectivity index (χ2n) is 11.2. The van der Waals surface area contributed by atoms with Crippen LogP contribution in [0.15, 0.2) is 48.2 Å². The number of aromatic nitrogens is 1. The van der Waals surface area contributed by atoms with Crippen LogP contribution < -0.4 is 15.4 Å². The minimum absolute atomic E-state index is 0.0542. The highest BCUT2D eigenvalue weighted by Gasteiger charge is 2.59. The van der Waals surface area contributed by atoms with Gasteiger partial charge in [-0.05, 0) is 47.2 Å². The highest BCUT2D eigenvalue weighted by atomic mass is 32.2. The number of carbonyl (C=O) groups is 2. The maximum Gasteiger partial charge on any atom is 0.416 e. The molecule has 1 aromatic carbocycles. The van der Waals surface area contributed by atoms with Gasteiger partial charge in [-0.2, -0.15) is 26.3 Å². The Morgan fingerprint density at radius 3 is 2.27 bits per heavy atom. The maximum absolute atomic E-state index is 14.9. The van der Waals surface area contributed by atoms with Crippen LogP contribution in [0.5, 0.6) is 5.75 Å². The van der Waals surface area contributed by atoms with Gasteiger partial charge in [-0.25, -0.2) is 8.42 Å². The van der Waals surface area contributed by atoms with Crippen molar-refractivity contribution in [2.24, 2.45) is 5.92 Å². The van der Waals surface area contributed by atoms with Crippen molar-refractivity contribution < 1.29 is 49.1 Å². The lowest BCUT2D eigenvalue weighted by atomic mass is 9.77. The second-order valence-corrected chi connectivity index (χ2v) is 13.4. The van der Waals surface area contributed by atoms with Crippen molar-refractivity contribution >= 4 is 27.2 Å². The van der Waals surface area contributed by atoms with Crippen LogP contribution >= 0.6 is 0 Å². The fourth-order valence-corrected chi connectivity index (χ4v) is 6.45. The maximum atomic E-state index is 14.9. The van der Waals surface area contributed by atoms with Gasteiger partial charge in [0.1, 0.15) is 5.75 Å². The molecule has 1 aromatic heterocycles. The van der Waals surface area contributed by atoms with E-state index in [0.717, 1.165) is 17.7 Å². The van der Waals surface area contributed by atoms with E-state index in [1.54, 1.807) is 6.07 Å². The van der Waals surface area contributed by atoms with Crippen LogP contribution in [-0.2, 0) is 25.0 Å². The fraction of sp³-hybridized carbons (Fsp3) is 0.483. The zero-order chi connectivity index (χ0) is 32.5. The third kappa shape index (κ3) is 7.53. The number of pyridine rings is 1. The Labute approximate surface area is 250 Å². The van der Waals surface area contributed by atoms with Gasteiger partial charge >= 0.3 is 12.4 Å². The van der Waals surface area contributed by atoms with Gasteiger partial charge in [-0.3, -0.25) is 14.6 Å². The molecule has 2 aliphatic rings. The molecule has 1 fully saturated rings. The number of ether oxygens (including phenoxy) is 1. The van der Waals surface area contributed by atoms with E-state index in [0.29, 0.717) is 0 Å². The van der Waals surface area contributed by atoms with Crippen LogP contribution in [0.4, 0.5) is 26.3 Å². The highest BCUT2D eigenvalue weighted by molar-refractivity contribution is 7.92. The molecule has 8 nitrogen and oxygen atoms in total. The van der Waals surface area contributed by atoms with Crippen molar-refractivity contribution in [3.05, 3.63) is 65.0 Å². The summed E-state index contributed by atoms with van der Waals surface area (Å²) < 4.78 is 110. The third-order valence-electron chi connectivity index (χ3n) is 7.59. The standard InChI is InChI=1S/C29H31F6N3O5S/c1-17(2)18-4-9-24(36-13-18)22-12-27(29(33,34)35,20-5-7-21(8-6-20)43-11-3-10-28(30,31)32)38-26(40)23(22)14-37-25(39)19-15-44(41,42)16-19/h4-9,13,17,19H,3,10-12,14-16H2,1-2H3,(H,37,39)(H,38,40)/t27-/m0/s1. The summed E-state index contributed by atoms with van der Waals surface area (Å²) in [6, 6.07) is 7.73. The van der Waals surface area contributed by atoms with E-state index in [1.165, 1.54) is 24.4 Å². The number of benzene rings is 1. The summed E-state index contributed by atoms with van der Waals surface area (Å²) in [6.45, 7) is 3.06. The molecule has 2 aromatic rings. The number of alkyl halides is 6. The van der Waals surface area contributed by atoms with Crippen molar-refractivity contribution in [1.29, 1.82) is 0 Å². The monoisotopic (exact) mass is 647 g/mol. The molecule has 2 amide bonds. The lowest BCUT2D eigenvalue weighted by molar-refractivity contribution is -0.201. The van der Waals surface area contributed by atoms with E-state index in [4.69, 9.17) is 4.74 Å². The molecule has 44 heavy (non-hydrogen) atoms. The molecular weight excluding hydrogens is 616 g/mol. The Morgan fingerprint density at radius 1 is 1.09 bits per heavy atom. The van der Waals surface area contributed by atoms with Crippen molar-refractivity contribution in [1.82, 2.24) is 15.6 Å². The molecule has 0 bridgehead atoms. The zero-order valence-corrected chi connectivity index (χ0v) is 24.6. The van der Waals surface area contributed by atoms with Gasteiger partial charge in [0.05, 0.1) is 29.7 Å². The predicted octanol–water partition coefficient (Wildman–Crippen LogP) is 4.82. The average molecular weight is 648 g/mol. The van der Waals surface area contributed by atoms with E-state index >= 15 is 0 Å². The fourth-order valence-electron chi connectivity index (χ4n) is 5.02. The van der Waals surface area contributed by atoms with E-state index in [9.17, 15) is 44.3 Å². The molecule has 1 atom stereocenters. The number of nitrogens with one attached hydrogen (secondary N) is 2. The van der Waals surface area contributed by atoms with Crippen molar-refractivity contribution in [2.45, 2.75) is 56.9 Å². The first-order valence-corrected chi connectivity index (χ1v) is 15.6. The van der Waals surface area contributed by atoms with Crippen molar-refractivity contribution in [3.8, 4) is 5.75 Å². The van der Waals surface area contributed by atoms with Crippen LogP contribution in [0.2, 0.25) is 0 Å². The predicted molar refractivity (Wildman–Crippen MR) is 148 cm³/mol. The number of hydrogen-bond donors (Lipinski definition) is 2. The number of amides is 2. The minimum Gasteiger partial charge on any atom is -0.494 e. The second kappa shape index (κ2) is 12.4. The van der Waals surface area contributed by atoms with Gasteiger partial charge in [0.25, 0.3) is 0 Å². The Kier molecular flexibility index (Phi) is 9.38. The zero-order valence-electron chi connectivity index (χ0n) is 23.8. The number of halogens is 6. The van der Waals surface area contributed by atoms with Gasteiger partial charge in [-0.1, -0.05) is 32.0 Å². The number of sulfone groups is 1. The molecule has 0 spiro atoms. The summed E-state index contributed by atoms with van der Waals surface area (Å²) in [5.41, 5.74) is -2.57. The van der Waals surface area contributed by atoms with Crippen molar-refractivity contribution in [3.63, 3.8) is 0 Å². The lowest BCUT2D eigenvalue weighted by Crippen LogP contribution is -2.59. The largest absolute Gasteiger partial charge is 0.494 e. The lowest BCUT2D eigenvalue weighted by Gasteiger charge is -2.41. The van der Waals surface area contributed by atoms with Crippen LogP contribution in [0.3, 0.4) is 0 Å². The van der Waals surface area contributed by atoms with Crippen LogP contribution in [0, 0.1) is 5.92 Å². The van der Waals surface area contributed by atoms with E-state index in [2.05, 4.69) is 15.6 Å². The number of rotatable bonds is 10. The summed E-state index contributed by atoms with van der Waals surface area (Å²) in [6.07, 6.45) is -10.1. The SMILES string of the molecule is CC(C)c1ccc(C2=C(CNC(=O)C3CS(=O)(=O)C3)C(=O)N[C@@](c3ccc(OCCCC(F)(F)F)cc3)(C(F)(F)F)C2)nc1. The Bertz CT molecular complexity index is 1510. The van der Waals surface area contributed by atoms with Gasteiger partial charge in [0, 0.05) is 31.2 Å². The van der Waals surface area contributed by atoms with Crippen molar-refractivity contribution in [2.75, 3.05) is 24.7 Å². The Balaban J connectivity index is 1.66. The topological polar surface area (TPSA) is 114 Å². The normalized spacial score (nSPS) is 20.7. The van der Waals surface area contributed by atoms with Crippen LogP contribution in [0.25, 0.3) is 5.57 Å². The molecule has 1 saturated heterocycles. The molecule has 0 unspecified atom stereocenters. The number of carbonyl (C=O) groups excluding carboxylic acids is 2. The number of hydrogen-bond acceptors (Lipinski definition) is 6. The molecule has 0 saturated carbocycles. The summed E-state index contributed by atoms with van der Waals surface area (Å²) in [7, 11) is -3.31. The Morgan fingerprint density at radius 2 is 1.75 bits per heavy atom. The first-order chi connectivity index (χ1) is 20.4. The molecule has 2 aliphatic heterocycles. The highest BCUT2D eigenvalue weighted by Crippen LogP contribution is 2.48. The summed E-state index contributed by atoms with van der Waals surface area (Å²) in [4.78, 5) is 30.3. The third-order valence-corrected chi connectivity index (χ3v) is 9.41. The molecule has 2 N–H and O–H groups in total. The van der Waals surface area contributed by atoms with Gasteiger partial charge < -0.3 is 15.4 Å². The first-order valence-electron chi connectivity index (χ1n) is 13.8. The molecule has 3 heterocycles. The van der Waals surface area contributed by atoms with Crippen LogP contribution in [-0.4, -0.2) is 62.2 Å². The van der Waals surface area contributed by atoms with E-state index < -0.39 is 64.8 Å². The average Bonchev–Trinajstić information content (AvgIpc) is 2.92. The Hall–Kier alpha value is -3.62. The van der Waals surface area contributed by atoms with E-state index in [1.807, 2.05) is 13.8 Å². The minimum atomic E-state index is -5.02. The molecule has 240 valence electrons. The number of nitrogens with zero attached hydrogens (tertiary/aromatic N) is 1. The van der Waals surface area contributed by atoms with Gasteiger partial charge in [0.2, 0.25) is 11.8 Å². The van der Waals surface area contributed by atoms with E-state index in [-0.39, 0.29) is 58.6 Å². The van der Waals surface area contributed by atoms with Gasteiger partial charge in [-0.15, -0.1) is 0 Å². The molecule has 0 aliphatic carbocycles. The molecule has 0 radical (unpaired) electrons. The summed E-state index contributed by atoms with van der Waals surface area (Å²) in [5, 5.41) is 4.57. The smallest absolute Gasteiger partial charge is 0.416 e. The molecule has 15 heteroatoms. The van der Waals surface area contributed by atoms with Crippen LogP contribution in [0.1, 0.15) is 55.8 Å². The quantitative estimate of drug-likeness (QED) is 0.283. The van der Waals surface area contributed by atoms with Gasteiger partial charge in [0.15, 0.2) is 15.4 Å².